The van der Waals surface area contributed by atoms with Crippen LogP contribution in [0.15, 0.2) is 73.2 Å². The van der Waals surface area contributed by atoms with Crippen molar-refractivity contribution < 1.29 is 9.59 Å². The Bertz CT molecular complexity index is 1620. The Labute approximate surface area is 237 Å². The predicted octanol–water partition coefficient (Wildman–Crippen LogP) is 4.13. The van der Waals surface area contributed by atoms with E-state index >= 15 is 0 Å². The van der Waals surface area contributed by atoms with Gasteiger partial charge in [-0.1, -0.05) is 17.7 Å². The van der Waals surface area contributed by atoms with E-state index in [2.05, 4.69) is 32.5 Å². The lowest BCUT2D eigenvalue weighted by molar-refractivity contribution is -0.119. The van der Waals surface area contributed by atoms with Crippen molar-refractivity contribution in [3.8, 4) is 0 Å². The Morgan fingerprint density at radius 1 is 1.05 bits per heavy atom. The SMILES string of the molecule is CN1CCN(CC(=O)N(C)c2ccc(N/C(=C3\C(=O)Nc4cc(Cl)ccc43)c3ccn4ccnc4c3)cc2)CC1. The summed E-state index contributed by atoms with van der Waals surface area (Å²) in [5.74, 6) is -0.159. The van der Waals surface area contributed by atoms with E-state index in [1.807, 2.05) is 59.3 Å². The van der Waals surface area contributed by atoms with E-state index in [9.17, 15) is 9.59 Å². The first kappa shape index (κ1) is 26.1. The second-order valence-electron chi connectivity index (χ2n) is 10.2. The van der Waals surface area contributed by atoms with Gasteiger partial charge < -0.3 is 24.8 Å². The van der Waals surface area contributed by atoms with E-state index in [-0.39, 0.29) is 11.8 Å². The number of piperazine rings is 1. The highest BCUT2D eigenvalue weighted by atomic mass is 35.5. The van der Waals surface area contributed by atoms with Crippen molar-refractivity contribution in [2.75, 3.05) is 62.4 Å². The first-order chi connectivity index (χ1) is 19.4. The van der Waals surface area contributed by atoms with Gasteiger partial charge in [0.25, 0.3) is 5.91 Å². The fourth-order valence-corrected chi connectivity index (χ4v) is 5.27. The molecule has 4 aromatic rings. The predicted molar refractivity (Wildman–Crippen MR) is 159 cm³/mol. The summed E-state index contributed by atoms with van der Waals surface area (Å²) < 4.78 is 1.91. The molecule has 0 radical (unpaired) electrons. The van der Waals surface area contributed by atoms with Crippen molar-refractivity contribution in [3.63, 3.8) is 0 Å². The number of hydrogen-bond acceptors (Lipinski definition) is 6. The number of rotatable bonds is 6. The zero-order valence-electron chi connectivity index (χ0n) is 22.4. The van der Waals surface area contributed by atoms with Gasteiger partial charge in [-0.15, -0.1) is 0 Å². The summed E-state index contributed by atoms with van der Waals surface area (Å²) in [5, 5.41) is 6.97. The number of nitrogens with zero attached hydrogens (tertiary/aromatic N) is 5. The lowest BCUT2D eigenvalue weighted by Gasteiger charge is -2.32. The van der Waals surface area contributed by atoms with Crippen LogP contribution in [0, 0.1) is 0 Å². The second kappa shape index (κ2) is 10.8. The molecule has 0 spiro atoms. The molecule has 2 amide bonds. The van der Waals surface area contributed by atoms with Gasteiger partial charge in [0.15, 0.2) is 0 Å². The first-order valence-electron chi connectivity index (χ1n) is 13.2. The molecule has 2 aliphatic rings. The summed E-state index contributed by atoms with van der Waals surface area (Å²) in [5.41, 5.74) is 5.77. The molecule has 9 nitrogen and oxygen atoms in total. The van der Waals surface area contributed by atoms with Crippen molar-refractivity contribution >= 4 is 57.4 Å². The lowest BCUT2D eigenvalue weighted by Crippen LogP contribution is -2.48. The van der Waals surface area contributed by atoms with E-state index in [1.165, 1.54) is 0 Å². The molecule has 40 heavy (non-hydrogen) atoms. The number of likely N-dealkylation sites (N-methyl/N-ethyl adjacent to an activating group) is 2. The Kier molecular flexibility index (Phi) is 7.02. The Hall–Kier alpha value is -4.18. The number of halogens is 1. The van der Waals surface area contributed by atoms with Crippen LogP contribution in [0.3, 0.4) is 0 Å². The van der Waals surface area contributed by atoms with Gasteiger partial charge in [0.2, 0.25) is 5.91 Å². The first-order valence-corrected chi connectivity index (χ1v) is 13.6. The summed E-state index contributed by atoms with van der Waals surface area (Å²) in [7, 11) is 3.91. The fourth-order valence-electron chi connectivity index (χ4n) is 5.10. The summed E-state index contributed by atoms with van der Waals surface area (Å²) in [6.07, 6.45) is 5.53. The zero-order valence-corrected chi connectivity index (χ0v) is 23.2. The van der Waals surface area contributed by atoms with E-state index in [1.54, 1.807) is 30.3 Å². The molecule has 0 saturated carbocycles. The van der Waals surface area contributed by atoms with E-state index < -0.39 is 0 Å². The van der Waals surface area contributed by atoms with Crippen LogP contribution in [-0.2, 0) is 9.59 Å². The largest absolute Gasteiger partial charge is 0.354 e. The highest BCUT2D eigenvalue weighted by Crippen LogP contribution is 2.39. The molecule has 0 unspecified atom stereocenters. The maximum Gasteiger partial charge on any atom is 0.258 e. The van der Waals surface area contributed by atoms with Crippen LogP contribution in [0.2, 0.25) is 5.02 Å². The van der Waals surface area contributed by atoms with Crippen molar-refractivity contribution in [2.45, 2.75) is 0 Å². The molecule has 2 aromatic carbocycles. The summed E-state index contributed by atoms with van der Waals surface area (Å²) in [4.78, 5) is 36.8. The molecule has 1 fully saturated rings. The van der Waals surface area contributed by atoms with Gasteiger partial charge in [0.1, 0.15) is 5.65 Å². The number of carbonyl (C=O) groups is 2. The molecule has 204 valence electrons. The summed E-state index contributed by atoms with van der Waals surface area (Å²) in [6, 6.07) is 16.9. The molecule has 10 heteroatoms. The third-order valence-electron chi connectivity index (χ3n) is 7.52. The molecule has 0 aliphatic carbocycles. The van der Waals surface area contributed by atoms with Gasteiger partial charge in [-0.2, -0.15) is 0 Å². The lowest BCUT2D eigenvalue weighted by atomic mass is 10.0. The number of hydrogen-bond donors (Lipinski definition) is 2. The van der Waals surface area contributed by atoms with Gasteiger partial charge >= 0.3 is 0 Å². The normalized spacial score (nSPS) is 17.0. The van der Waals surface area contributed by atoms with Crippen molar-refractivity contribution in [1.29, 1.82) is 0 Å². The smallest absolute Gasteiger partial charge is 0.258 e. The Morgan fingerprint density at radius 2 is 1.82 bits per heavy atom. The van der Waals surface area contributed by atoms with Crippen LogP contribution in [0.1, 0.15) is 11.1 Å². The highest BCUT2D eigenvalue weighted by Gasteiger charge is 2.29. The van der Waals surface area contributed by atoms with Crippen molar-refractivity contribution in [1.82, 2.24) is 19.2 Å². The number of pyridine rings is 1. The number of benzene rings is 2. The third-order valence-corrected chi connectivity index (χ3v) is 7.75. The minimum absolute atomic E-state index is 0.0546. The van der Waals surface area contributed by atoms with Gasteiger partial charge in [-0.3, -0.25) is 14.5 Å². The molecule has 4 heterocycles. The van der Waals surface area contributed by atoms with Crippen LogP contribution in [0.4, 0.5) is 17.1 Å². The number of fused-ring (bicyclic) bond motifs is 2. The zero-order chi connectivity index (χ0) is 27.8. The number of anilines is 3. The van der Waals surface area contributed by atoms with Gasteiger partial charge in [0, 0.05) is 79.3 Å². The summed E-state index contributed by atoms with van der Waals surface area (Å²) in [6.45, 7) is 4.12. The van der Waals surface area contributed by atoms with Gasteiger partial charge in [-0.25, -0.2) is 4.98 Å². The minimum atomic E-state index is -0.214. The monoisotopic (exact) mass is 555 g/mol. The van der Waals surface area contributed by atoms with Gasteiger partial charge in [0.05, 0.1) is 23.5 Å². The van der Waals surface area contributed by atoms with Crippen LogP contribution >= 0.6 is 11.6 Å². The van der Waals surface area contributed by atoms with Crippen LogP contribution < -0.4 is 15.5 Å². The number of imidazole rings is 1. The van der Waals surface area contributed by atoms with Crippen molar-refractivity contribution in [2.24, 2.45) is 0 Å². The molecular formula is C30H30ClN7O2. The number of nitrogens with one attached hydrogen (secondary N) is 2. The second-order valence-corrected chi connectivity index (χ2v) is 10.6. The molecule has 1 saturated heterocycles. The molecule has 0 atom stereocenters. The standard InChI is InChI=1S/C30H30ClN7O2/c1-35-13-15-37(16-14-35)19-27(39)36(2)23-6-4-22(5-7-23)33-29(20-9-11-38-12-10-32-26(38)17-20)28-24-8-3-21(31)18-25(24)34-30(28)40/h3-12,17-18,33H,13-16,19H2,1-2H3,(H,34,40)/b29-28-. The number of carbonyl (C=O) groups excluding carboxylic acids is 2. The molecule has 0 bridgehead atoms. The molecule has 2 aliphatic heterocycles. The summed E-state index contributed by atoms with van der Waals surface area (Å²) >= 11 is 6.19. The van der Waals surface area contributed by atoms with E-state index in [0.717, 1.165) is 54.3 Å². The van der Waals surface area contributed by atoms with Crippen LogP contribution in [0.25, 0.3) is 16.9 Å². The van der Waals surface area contributed by atoms with E-state index in [4.69, 9.17) is 11.6 Å². The minimum Gasteiger partial charge on any atom is -0.354 e. The molecule has 6 rings (SSSR count). The fraction of sp³-hybridized carbons (Fsp3) is 0.233. The molecule has 2 N–H and O–H groups in total. The topological polar surface area (TPSA) is 85.2 Å². The maximum absolute atomic E-state index is 13.2. The number of aromatic nitrogens is 2. The quantitative estimate of drug-likeness (QED) is 0.348. The molecule has 2 aromatic heterocycles. The van der Waals surface area contributed by atoms with Crippen LogP contribution in [0.5, 0.6) is 0 Å². The average Bonchev–Trinajstić information content (AvgIpc) is 3.55. The highest BCUT2D eigenvalue weighted by molar-refractivity contribution is 6.38. The third kappa shape index (κ3) is 5.19. The van der Waals surface area contributed by atoms with E-state index in [0.29, 0.717) is 28.5 Å². The van der Waals surface area contributed by atoms with Crippen LogP contribution in [-0.4, -0.2) is 77.8 Å². The Morgan fingerprint density at radius 3 is 2.60 bits per heavy atom. The Balaban J connectivity index is 1.29. The number of amides is 2. The maximum atomic E-state index is 13.2. The molecular weight excluding hydrogens is 526 g/mol. The van der Waals surface area contributed by atoms with Crippen molar-refractivity contribution in [3.05, 3.63) is 89.3 Å². The van der Waals surface area contributed by atoms with Gasteiger partial charge in [-0.05, 0) is 55.6 Å². The average molecular weight is 556 g/mol.